The number of aliphatic hydroxyl groups is 1. The zero-order chi connectivity index (χ0) is 21.1. The number of phenolic OH excluding ortho intramolecular Hbond substituents is 1. The smallest absolute Gasteiger partial charge is 0.121 e. The predicted molar refractivity (Wildman–Crippen MR) is 111 cm³/mol. The Morgan fingerprint density at radius 3 is 2.73 bits per heavy atom. The van der Waals surface area contributed by atoms with E-state index in [0.29, 0.717) is 23.6 Å². The van der Waals surface area contributed by atoms with Gasteiger partial charge in [-0.05, 0) is 35.4 Å². The van der Waals surface area contributed by atoms with Crippen molar-refractivity contribution < 1.29 is 14.9 Å². The van der Waals surface area contributed by atoms with E-state index in [9.17, 15) is 15.5 Å². The Balaban J connectivity index is 1.77. The third-order valence-corrected chi connectivity index (χ3v) is 5.24. The molecular formula is C23H22N4O3. The number of allylic oxidation sites excluding steroid dienone is 1. The van der Waals surface area contributed by atoms with Crippen molar-refractivity contribution in [3.05, 3.63) is 83.6 Å². The number of para-hydroxylation sites is 1. The van der Waals surface area contributed by atoms with Gasteiger partial charge >= 0.3 is 0 Å². The highest BCUT2D eigenvalue weighted by atomic mass is 16.5. The molecule has 7 nitrogen and oxygen atoms in total. The minimum Gasteiger partial charge on any atom is -0.508 e. The lowest BCUT2D eigenvalue weighted by Crippen LogP contribution is -2.38. The van der Waals surface area contributed by atoms with Crippen LogP contribution in [0.3, 0.4) is 0 Å². The maximum Gasteiger partial charge on any atom is 0.121 e. The standard InChI is InChI=1S/C23H22N4O3/c1-30-19-6-7-20-16(11-19)10-17(12-24)27(14-18(28)13-26-9-8-25-15-26)23(20)21-4-2-3-5-22(21)29/h2-11,15,18,23,28-29H,13-14H2,1H3. The Bertz CT molecular complexity index is 1100. The normalized spacial score (nSPS) is 16.4. The summed E-state index contributed by atoms with van der Waals surface area (Å²) in [7, 11) is 1.60. The maximum absolute atomic E-state index is 10.7. The van der Waals surface area contributed by atoms with Gasteiger partial charge in [-0.15, -0.1) is 0 Å². The first kappa shape index (κ1) is 19.6. The number of nitrogens with zero attached hydrogens (tertiary/aromatic N) is 4. The van der Waals surface area contributed by atoms with Crippen molar-refractivity contribution >= 4 is 6.08 Å². The number of methoxy groups -OCH3 is 1. The van der Waals surface area contributed by atoms with Crippen molar-refractivity contribution in [1.82, 2.24) is 14.5 Å². The quantitative estimate of drug-likeness (QED) is 0.658. The Morgan fingerprint density at radius 1 is 1.20 bits per heavy atom. The second-order valence-corrected chi connectivity index (χ2v) is 7.16. The number of benzene rings is 2. The summed E-state index contributed by atoms with van der Waals surface area (Å²) < 4.78 is 7.13. The monoisotopic (exact) mass is 402 g/mol. The van der Waals surface area contributed by atoms with Crippen LogP contribution in [0.5, 0.6) is 11.5 Å². The van der Waals surface area contributed by atoms with Gasteiger partial charge in [0.05, 0.1) is 32.1 Å². The van der Waals surface area contributed by atoms with Crippen molar-refractivity contribution in [2.45, 2.75) is 18.7 Å². The Hall–Kier alpha value is -3.76. The molecule has 0 spiro atoms. The van der Waals surface area contributed by atoms with Crippen LogP contribution >= 0.6 is 0 Å². The molecule has 1 aliphatic heterocycles. The summed E-state index contributed by atoms with van der Waals surface area (Å²) in [5.41, 5.74) is 2.85. The van der Waals surface area contributed by atoms with E-state index in [-0.39, 0.29) is 12.3 Å². The first-order chi connectivity index (χ1) is 14.6. The second kappa shape index (κ2) is 8.31. The van der Waals surface area contributed by atoms with Gasteiger partial charge in [-0.3, -0.25) is 0 Å². The van der Waals surface area contributed by atoms with Gasteiger partial charge in [0.25, 0.3) is 0 Å². The number of aromatic nitrogens is 2. The molecule has 30 heavy (non-hydrogen) atoms. The van der Waals surface area contributed by atoms with Gasteiger partial charge < -0.3 is 24.4 Å². The van der Waals surface area contributed by atoms with Gasteiger partial charge in [-0.25, -0.2) is 4.98 Å². The number of aliphatic hydroxyl groups excluding tert-OH is 1. The van der Waals surface area contributed by atoms with Crippen LogP contribution in [0.4, 0.5) is 0 Å². The van der Waals surface area contributed by atoms with Crippen molar-refractivity contribution in [3.8, 4) is 17.6 Å². The molecule has 1 aromatic heterocycles. The van der Waals surface area contributed by atoms with Crippen LogP contribution in [0.15, 0.2) is 66.9 Å². The van der Waals surface area contributed by atoms with Gasteiger partial charge in [0.1, 0.15) is 23.3 Å². The van der Waals surface area contributed by atoms with Crippen LogP contribution in [0, 0.1) is 11.3 Å². The Labute approximate surface area is 174 Å². The van der Waals surface area contributed by atoms with E-state index in [1.807, 2.05) is 35.2 Å². The highest BCUT2D eigenvalue weighted by Gasteiger charge is 2.33. The summed E-state index contributed by atoms with van der Waals surface area (Å²) in [6, 6.07) is 14.6. The predicted octanol–water partition coefficient (Wildman–Crippen LogP) is 2.93. The third kappa shape index (κ3) is 3.73. The molecule has 152 valence electrons. The van der Waals surface area contributed by atoms with Crippen LogP contribution in [-0.4, -0.2) is 44.4 Å². The molecule has 7 heteroatoms. The van der Waals surface area contributed by atoms with E-state index in [1.54, 1.807) is 48.6 Å². The lowest BCUT2D eigenvalue weighted by molar-refractivity contribution is 0.103. The van der Waals surface area contributed by atoms with Crippen LogP contribution in [-0.2, 0) is 6.54 Å². The average molecular weight is 402 g/mol. The zero-order valence-electron chi connectivity index (χ0n) is 16.5. The first-order valence-electron chi connectivity index (χ1n) is 9.58. The van der Waals surface area contributed by atoms with Crippen molar-refractivity contribution in [1.29, 1.82) is 5.26 Å². The van der Waals surface area contributed by atoms with E-state index < -0.39 is 12.1 Å². The van der Waals surface area contributed by atoms with E-state index in [2.05, 4.69) is 11.1 Å². The fraction of sp³-hybridized carbons (Fsp3) is 0.217. The molecule has 2 heterocycles. The van der Waals surface area contributed by atoms with Crippen molar-refractivity contribution in [2.24, 2.45) is 0 Å². The summed E-state index contributed by atoms with van der Waals surface area (Å²) >= 11 is 0. The summed E-state index contributed by atoms with van der Waals surface area (Å²) in [6.45, 7) is 0.556. The number of aromatic hydroxyl groups is 1. The molecule has 0 amide bonds. The fourth-order valence-electron chi connectivity index (χ4n) is 3.87. The molecule has 3 aromatic rings. The minimum absolute atomic E-state index is 0.137. The Morgan fingerprint density at radius 2 is 2.03 bits per heavy atom. The van der Waals surface area contributed by atoms with Gasteiger partial charge in [-0.2, -0.15) is 5.26 Å². The minimum atomic E-state index is -0.746. The molecule has 0 aliphatic carbocycles. The third-order valence-electron chi connectivity index (χ3n) is 5.24. The molecule has 2 atom stereocenters. The van der Waals surface area contributed by atoms with Crippen LogP contribution in [0.2, 0.25) is 0 Å². The molecule has 0 saturated heterocycles. The summed E-state index contributed by atoms with van der Waals surface area (Å²) in [6.07, 6.45) is 6.12. The van der Waals surface area contributed by atoms with Crippen molar-refractivity contribution in [3.63, 3.8) is 0 Å². The number of β-amino-alcohol motifs (C(OH)–C–C–N with tert-alkyl or cyclic N) is 1. The van der Waals surface area contributed by atoms with Crippen molar-refractivity contribution in [2.75, 3.05) is 13.7 Å². The highest BCUT2D eigenvalue weighted by molar-refractivity contribution is 5.67. The number of nitriles is 1. The molecular weight excluding hydrogens is 380 g/mol. The molecule has 2 N–H and O–H groups in total. The summed E-state index contributed by atoms with van der Waals surface area (Å²) in [5.74, 6) is 0.824. The average Bonchev–Trinajstić information content (AvgIpc) is 3.26. The van der Waals surface area contributed by atoms with Gasteiger partial charge in [0.2, 0.25) is 0 Å². The van der Waals surface area contributed by atoms with Crippen LogP contribution in [0.25, 0.3) is 6.08 Å². The number of fused-ring (bicyclic) bond motifs is 1. The number of hydrogen-bond acceptors (Lipinski definition) is 6. The topological polar surface area (TPSA) is 94.5 Å². The SMILES string of the molecule is COc1ccc2c(c1)C=C(C#N)N(CC(O)Cn1ccnc1)C2c1ccccc1O. The Kier molecular flexibility index (Phi) is 5.42. The largest absolute Gasteiger partial charge is 0.508 e. The number of hydrogen-bond donors (Lipinski definition) is 2. The van der Waals surface area contributed by atoms with E-state index in [1.165, 1.54) is 0 Å². The number of phenols is 1. The zero-order valence-corrected chi connectivity index (χ0v) is 16.5. The van der Waals surface area contributed by atoms with Gasteiger partial charge in [0.15, 0.2) is 0 Å². The van der Waals surface area contributed by atoms with E-state index in [4.69, 9.17) is 4.74 Å². The summed E-state index contributed by atoms with van der Waals surface area (Å²) in [5, 5.41) is 31.2. The fourth-order valence-corrected chi connectivity index (χ4v) is 3.87. The maximum atomic E-state index is 10.7. The molecule has 0 radical (unpaired) electrons. The molecule has 0 fully saturated rings. The lowest BCUT2D eigenvalue weighted by Gasteiger charge is -2.39. The van der Waals surface area contributed by atoms with Gasteiger partial charge in [0, 0.05) is 24.5 Å². The van der Waals surface area contributed by atoms with Gasteiger partial charge in [-0.1, -0.05) is 24.3 Å². The molecule has 0 saturated carbocycles. The number of rotatable bonds is 6. The molecule has 0 bridgehead atoms. The van der Waals surface area contributed by atoms with Crippen LogP contribution < -0.4 is 4.74 Å². The van der Waals surface area contributed by atoms with Crippen LogP contribution in [0.1, 0.15) is 22.7 Å². The molecule has 2 unspecified atom stereocenters. The highest BCUT2D eigenvalue weighted by Crippen LogP contribution is 2.42. The number of ether oxygens (including phenoxy) is 1. The van der Waals surface area contributed by atoms with E-state index >= 15 is 0 Å². The van der Waals surface area contributed by atoms with E-state index in [0.717, 1.165) is 11.1 Å². The lowest BCUT2D eigenvalue weighted by atomic mass is 9.88. The summed E-state index contributed by atoms with van der Waals surface area (Å²) in [4.78, 5) is 5.84. The second-order valence-electron chi connectivity index (χ2n) is 7.16. The molecule has 4 rings (SSSR count). The molecule has 1 aliphatic rings. The number of imidazole rings is 1. The first-order valence-corrected chi connectivity index (χ1v) is 9.58. The molecule has 2 aromatic carbocycles.